The van der Waals surface area contributed by atoms with Gasteiger partial charge in [0.05, 0.1) is 0 Å². The lowest BCUT2D eigenvalue weighted by molar-refractivity contribution is -0.153. The van der Waals surface area contributed by atoms with Gasteiger partial charge in [-0.2, -0.15) is 0 Å². The van der Waals surface area contributed by atoms with E-state index in [4.69, 9.17) is 10.2 Å². The number of Topliss-reactive ketones (excluding diaryl/α,β-unsaturated/α-hetero) is 1. The summed E-state index contributed by atoms with van der Waals surface area (Å²) in [5.41, 5.74) is 0.134. The molecule has 74 valence electrons. The SMILES string of the molecule is O=C(O)C(=O)[C@H](O)c1ccc(O)cc1. The highest BCUT2D eigenvalue weighted by atomic mass is 16.4. The van der Waals surface area contributed by atoms with Gasteiger partial charge in [0, 0.05) is 0 Å². The van der Waals surface area contributed by atoms with Crippen molar-refractivity contribution in [2.45, 2.75) is 6.10 Å². The molecule has 0 aromatic heterocycles. The van der Waals surface area contributed by atoms with Crippen LogP contribution < -0.4 is 0 Å². The van der Waals surface area contributed by atoms with Gasteiger partial charge in [-0.25, -0.2) is 4.79 Å². The maximum absolute atomic E-state index is 10.8. The number of rotatable bonds is 3. The van der Waals surface area contributed by atoms with Crippen LogP contribution in [-0.2, 0) is 9.59 Å². The smallest absolute Gasteiger partial charge is 0.375 e. The zero-order valence-corrected chi connectivity index (χ0v) is 7.04. The Morgan fingerprint density at radius 2 is 1.64 bits per heavy atom. The van der Waals surface area contributed by atoms with Gasteiger partial charge in [-0.05, 0) is 17.7 Å². The standard InChI is InChI=1S/C9H8O5/c10-6-3-1-5(2-4-6)7(11)8(12)9(13)14/h1-4,7,10-11H,(H,13,14)/t7-/m1/s1. The number of carbonyl (C=O) groups is 2. The molecule has 14 heavy (non-hydrogen) atoms. The van der Waals surface area contributed by atoms with Gasteiger partial charge in [-0.3, -0.25) is 4.79 Å². The summed E-state index contributed by atoms with van der Waals surface area (Å²) >= 11 is 0. The third-order valence-electron chi connectivity index (χ3n) is 1.67. The van der Waals surface area contributed by atoms with Gasteiger partial charge in [0.25, 0.3) is 5.78 Å². The van der Waals surface area contributed by atoms with E-state index in [1.54, 1.807) is 0 Å². The molecule has 1 aromatic carbocycles. The zero-order valence-electron chi connectivity index (χ0n) is 7.04. The maximum Gasteiger partial charge on any atom is 0.375 e. The van der Waals surface area contributed by atoms with E-state index in [9.17, 15) is 14.7 Å². The Labute approximate surface area is 79.2 Å². The summed E-state index contributed by atoms with van der Waals surface area (Å²) in [6, 6.07) is 5.07. The molecule has 1 rings (SSSR count). The van der Waals surface area contributed by atoms with Crippen molar-refractivity contribution in [1.82, 2.24) is 0 Å². The van der Waals surface area contributed by atoms with Gasteiger partial charge in [-0.15, -0.1) is 0 Å². The summed E-state index contributed by atoms with van der Waals surface area (Å²) in [5, 5.41) is 26.5. The number of hydrogen-bond donors (Lipinski definition) is 3. The number of aliphatic hydroxyl groups excluding tert-OH is 1. The molecule has 5 nitrogen and oxygen atoms in total. The molecule has 1 aromatic rings. The topological polar surface area (TPSA) is 94.8 Å². The number of carboxylic acids is 1. The Morgan fingerprint density at radius 3 is 2.07 bits per heavy atom. The van der Waals surface area contributed by atoms with E-state index in [1.807, 2.05) is 0 Å². The number of aliphatic carboxylic acids is 1. The van der Waals surface area contributed by atoms with E-state index in [1.165, 1.54) is 24.3 Å². The number of benzene rings is 1. The van der Waals surface area contributed by atoms with E-state index in [0.717, 1.165) is 0 Å². The molecular weight excluding hydrogens is 188 g/mol. The maximum atomic E-state index is 10.8. The molecule has 0 fully saturated rings. The molecule has 0 amide bonds. The number of aromatic hydroxyl groups is 1. The van der Waals surface area contributed by atoms with Crippen LogP contribution in [0.3, 0.4) is 0 Å². The largest absolute Gasteiger partial charge is 0.508 e. The van der Waals surface area contributed by atoms with Gasteiger partial charge < -0.3 is 15.3 Å². The molecule has 3 N–H and O–H groups in total. The molecule has 0 heterocycles. The Kier molecular flexibility index (Phi) is 2.83. The fourth-order valence-electron chi connectivity index (χ4n) is 0.925. The molecule has 0 bridgehead atoms. The Hall–Kier alpha value is -1.88. The van der Waals surface area contributed by atoms with Crippen LogP contribution in [0.25, 0.3) is 0 Å². The van der Waals surface area contributed by atoms with Crippen LogP contribution >= 0.6 is 0 Å². The summed E-state index contributed by atoms with van der Waals surface area (Å²) in [6.45, 7) is 0. The normalized spacial score (nSPS) is 12.1. The van der Waals surface area contributed by atoms with Gasteiger partial charge in [0.2, 0.25) is 0 Å². The molecule has 0 saturated carbocycles. The molecule has 0 unspecified atom stereocenters. The van der Waals surface area contributed by atoms with Crippen molar-refractivity contribution in [1.29, 1.82) is 0 Å². The predicted octanol–water partition coefficient (Wildman–Crippen LogP) is 0.0793. The molecule has 0 aliphatic carbocycles. The quantitative estimate of drug-likeness (QED) is 0.595. The summed E-state index contributed by atoms with van der Waals surface area (Å²) in [5.74, 6) is -3.01. The monoisotopic (exact) mass is 196 g/mol. The number of hydrogen-bond acceptors (Lipinski definition) is 4. The van der Waals surface area contributed by atoms with Gasteiger partial charge in [0.1, 0.15) is 11.9 Å². The highest BCUT2D eigenvalue weighted by Gasteiger charge is 2.23. The Bertz CT molecular complexity index is 354. The Morgan fingerprint density at radius 1 is 1.14 bits per heavy atom. The summed E-state index contributed by atoms with van der Waals surface area (Å²) < 4.78 is 0. The van der Waals surface area contributed by atoms with Crippen LogP contribution in [0.4, 0.5) is 0 Å². The first kappa shape index (κ1) is 10.2. The van der Waals surface area contributed by atoms with E-state index in [0.29, 0.717) is 0 Å². The predicted molar refractivity (Wildman–Crippen MR) is 45.7 cm³/mol. The number of ketones is 1. The van der Waals surface area contributed by atoms with Gasteiger partial charge in [0.15, 0.2) is 0 Å². The number of phenols is 1. The van der Waals surface area contributed by atoms with Crippen molar-refractivity contribution in [2.24, 2.45) is 0 Å². The molecule has 5 heteroatoms. The van der Waals surface area contributed by atoms with E-state index < -0.39 is 17.9 Å². The average Bonchev–Trinajstić information content (AvgIpc) is 2.16. The number of carbonyl (C=O) groups excluding carboxylic acids is 1. The second kappa shape index (κ2) is 3.89. The first-order valence-electron chi connectivity index (χ1n) is 3.76. The van der Waals surface area contributed by atoms with Crippen LogP contribution in [-0.4, -0.2) is 27.1 Å². The average molecular weight is 196 g/mol. The second-order valence-corrected chi connectivity index (χ2v) is 2.66. The molecular formula is C9H8O5. The molecule has 0 aliphatic rings. The van der Waals surface area contributed by atoms with Crippen molar-refractivity contribution in [2.75, 3.05) is 0 Å². The van der Waals surface area contributed by atoms with Crippen molar-refractivity contribution >= 4 is 11.8 Å². The first-order chi connectivity index (χ1) is 6.52. The molecule has 0 aliphatic heterocycles. The fourth-order valence-corrected chi connectivity index (χ4v) is 0.925. The minimum atomic E-state index is -1.69. The summed E-state index contributed by atoms with van der Waals surface area (Å²) in [6.07, 6.45) is -1.69. The van der Waals surface area contributed by atoms with Gasteiger partial charge >= 0.3 is 5.97 Å². The highest BCUT2D eigenvalue weighted by Crippen LogP contribution is 2.17. The molecule has 1 atom stereocenters. The van der Waals surface area contributed by atoms with Crippen molar-refractivity contribution < 1.29 is 24.9 Å². The van der Waals surface area contributed by atoms with Crippen molar-refractivity contribution in [3.05, 3.63) is 29.8 Å². The lowest BCUT2D eigenvalue weighted by Crippen LogP contribution is -2.21. The second-order valence-electron chi connectivity index (χ2n) is 2.66. The van der Waals surface area contributed by atoms with Crippen LogP contribution in [0, 0.1) is 0 Å². The van der Waals surface area contributed by atoms with E-state index in [-0.39, 0.29) is 11.3 Å². The van der Waals surface area contributed by atoms with Crippen LogP contribution in [0.2, 0.25) is 0 Å². The summed E-state index contributed by atoms with van der Waals surface area (Å²) in [4.78, 5) is 21.0. The van der Waals surface area contributed by atoms with Crippen molar-refractivity contribution in [3.8, 4) is 5.75 Å². The molecule has 0 saturated heterocycles. The fraction of sp³-hybridized carbons (Fsp3) is 0.111. The molecule has 0 spiro atoms. The zero-order chi connectivity index (χ0) is 10.7. The minimum Gasteiger partial charge on any atom is -0.508 e. The number of aliphatic hydroxyl groups is 1. The number of phenolic OH excluding ortho intramolecular Hbond substituents is 1. The first-order valence-corrected chi connectivity index (χ1v) is 3.76. The minimum absolute atomic E-state index is 0.0243. The van der Waals surface area contributed by atoms with Crippen LogP contribution in [0.5, 0.6) is 5.75 Å². The van der Waals surface area contributed by atoms with Crippen molar-refractivity contribution in [3.63, 3.8) is 0 Å². The van der Waals surface area contributed by atoms with Crippen LogP contribution in [0.1, 0.15) is 11.7 Å². The molecule has 0 radical (unpaired) electrons. The highest BCUT2D eigenvalue weighted by molar-refractivity contribution is 6.34. The van der Waals surface area contributed by atoms with E-state index >= 15 is 0 Å². The van der Waals surface area contributed by atoms with Crippen LogP contribution in [0.15, 0.2) is 24.3 Å². The van der Waals surface area contributed by atoms with Gasteiger partial charge in [-0.1, -0.05) is 12.1 Å². The third kappa shape index (κ3) is 2.08. The van der Waals surface area contributed by atoms with E-state index in [2.05, 4.69) is 0 Å². The number of carboxylic acid groups (broad SMARTS) is 1. The lowest BCUT2D eigenvalue weighted by atomic mass is 10.1. The summed E-state index contributed by atoms with van der Waals surface area (Å²) in [7, 11) is 0. The third-order valence-corrected chi connectivity index (χ3v) is 1.67. The Balaban J connectivity index is 2.89. The lowest BCUT2D eigenvalue weighted by Gasteiger charge is -2.06.